The number of carboxylic acid groups (broad SMARTS) is 1. The molecule has 6 rings (SSSR count). The van der Waals surface area contributed by atoms with Crippen molar-refractivity contribution in [1.29, 1.82) is 0 Å². The normalized spacial score (nSPS) is 17.1. The molecular formula is C35H32F3N3O3. The molecule has 2 aromatic heterocycles. The number of pyridine rings is 1. The van der Waals surface area contributed by atoms with E-state index in [0.717, 1.165) is 70.6 Å². The number of aromatic nitrogens is 3. The second kappa shape index (κ2) is 12.1. The van der Waals surface area contributed by atoms with Crippen molar-refractivity contribution in [3.05, 3.63) is 113 Å². The van der Waals surface area contributed by atoms with Crippen molar-refractivity contribution in [2.24, 2.45) is 5.92 Å². The summed E-state index contributed by atoms with van der Waals surface area (Å²) < 4.78 is 47.2. The molecule has 226 valence electrons. The van der Waals surface area contributed by atoms with Crippen LogP contribution in [-0.4, -0.2) is 25.6 Å². The fourth-order valence-electron chi connectivity index (χ4n) is 5.97. The predicted octanol–water partition coefficient (Wildman–Crippen LogP) is 8.41. The lowest BCUT2D eigenvalue weighted by molar-refractivity contribution is -0.143. The molecule has 0 spiro atoms. The Hall–Kier alpha value is -4.66. The number of carbonyl (C=O) groups is 1. The van der Waals surface area contributed by atoms with Gasteiger partial charge in [0.2, 0.25) is 0 Å². The average molecular weight is 600 g/mol. The van der Waals surface area contributed by atoms with Gasteiger partial charge < -0.3 is 14.4 Å². The SMILES string of the molecule is Cc1ccc(COc2ccc3nc([C@H]4CCCC[C@H]4C(=O)O)n(Cc4ccc(-c5ccc(C(F)(F)F)cc5)cc4)c3c2)nc1. The fraction of sp³-hybridized carbons (Fsp3) is 0.286. The maximum absolute atomic E-state index is 13.0. The highest BCUT2D eigenvalue weighted by atomic mass is 19.4. The highest BCUT2D eigenvalue weighted by molar-refractivity contribution is 5.79. The van der Waals surface area contributed by atoms with E-state index in [2.05, 4.69) is 9.55 Å². The molecule has 5 aromatic rings. The summed E-state index contributed by atoms with van der Waals surface area (Å²) in [5.74, 6) is -0.130. The number of carboxylic acids is 1. The molecule has 0 aliphatic heterocycles. The topological polar surface area (TPSA) is 77.2 Å². The zero-order valence-corrected chi connectivity index (χ0v) is 24.2. The second-order valence-electron chi connectivity index (χ2n) is 11.4. The Labute approximate surface area is 253 Å². The van der Waals surface area contributed by atoms with Gasteiger partial charge in [-0.15, -0.1) is 0 Å². The van der Waals surface area contributed by atoms with Gasteiger partial charge in [-0.1, -0.05) is 55.3 Å². The van der Waals surface area contributed by atoms with Crippen LogP contribution in [0.1, 0.15) is 59.8 Å². The van der Waals surface area contributed by atoms with Gasteiger partial charge >= 0.3 is 12.1 Å². The van der Waals surface area contributed by atoms with E-state index in [1.165, 1.54) is 12.1 Å². The Bertz CT molecular complexity index is 1760. The molecule has 0 unspecified atom stereocenters. The van der Waals surface area contributed by atoms with Crippen LogP contribution < -0.4 is 4.74 Å². The van der Waals surface area contributed by atoms with Crippen LogP contribution in [0.2, 0.25) is 0 Å². The van der Waals surface area contributed by atoms with Gasteiger partial charge in [0.15, 0.2) is 0 Å². The van der Waals surface area contributed by atoms with E-state index in [9.17, 15) is 23.1 Å². The molecule has 1 aliphatic rings. The number of hydrogen-bond donors (Lipinski definition) is 1. The molecular weight excluding hydrogens is 567 g/mol. The Balaban J connectivity index is 1.32. The first-order valence-electron chi connectivity index (χ1n) is 14.7. The van der Waals surface area contributed by atoms with E-state index >= 15 is 0 Å². The number of nitrogens with zero attached hydrogens (tertiary/aromatic N) is 3. The molecule has 0 radical (unpaired) electrons. The first-order chi connectivity index (χ1) is 21.2. The fourth-order valence-corrected chi connectivity index (χ4v) is 5.97. The number of benzene rings is 3. The van der Waals surface area contributed by atoms with E-state index in [4.69, 9.17) is 9.72 Å². The largest absolute Gasteiger partial charge is 0.487 e. The molecule has 2 atom stereocenters. The van der Waals surface area contributed by atoms with Crippen molar-refractivity contribution in [3.8, 4) is 16.9 Å². The van der Waals surface area contributed by atoms with E-state index in [-0.39, 0.29) is 5.92 Å². The predicted molar refractivity (Wildman–Crippen MR) is 161 cm³/mol. The summed E-state index contributed by atoms with van der Waals surface area (Å²) in [7, 11) is 0. The van der Waals surface area contributed by atoms with Crippen molar-refractivity contribution in [2.45, 2.75) is 57.9 Å². The second-order valence-corrected chi connectivity index (χ2v) is 11.4. The molecule has 1 saturated carbocycles. The summed E-state index contributed by atoms with van der Waals surface area (Å²) in [6, 6.07) is 22.4. The Morgan fingerprint density at radius 3 is 2.32 bits per heavy atom. The van der Waals surface area contributed by atoms with Crippen LogP contribution in [0.3, 0.4) is 0 Å². The molecule has 0 amide bonds. The molecule has 1 aliphatic carbocycles. The van der Waals surface area contributed by atoms with Gasteiger partial charge in [0.1, 0.15) is 18.2 Å². The summed E-state index contributed by atoms with van der Waals surface area (Å²) in [5, 5.41) is 10.0. The molecule has 6 nitrogen and oxygen atoms in total. The van der Waals surface area contributed by atoms with Crippen LogP contribution in [0.4, 0.5) is 13.2 Å². The molecule has 9 heteroatoms. The Morgan fingerprint density at radius 2 is 1.66 bits per heavy atom. The molecule has 1 N–H and O–H groups in total. The van der Waals surface area contributed by atoms with Gasteiger partial charge in [-0.25, -0.2) is 4.98 Å². The van der Waals surface area contributed by atoms with Crippen molar-refractivity contribution >= 4 is 17.0 Å². The standard InChI is InChI=1S/C35H32F3N3O3/c1-22-6-15-27(39-19-22)21-44-28-16-17-31-32(18-28)41(33(40-31)29-4-2-3-5-30(29)34(42)43)20-23-7-9-24(10-8-23)25-11-13-26(14-12-25)35(36,37)38/h6-19,29-30H,2-5,20-21H2,1H3,(H,42,43)/t29-,30+/m0/s1. The summed E-state index contributed by atoms with van der Waals surface area (Å²) >= 11 is 0. The third-order valence-corrected chi connectivity index (χ3v) is 8.36. The quantitative estimate of drug-likeness (QED) is 0.194. The van der Waals surface area contributed by atoms with Crippen LogP contribution >= 0.6 is 0 Å². The van der Waals surface area contributed by atoms with Crippen molar-refractivity contribution in [2.75, 3.05) is 0 Å². The van der Waals surface area contributed by atoms with Crippen LogP contribution in [0.15, 0.2) is 85.1 Å². The number of rotatable bonds is 8. The number of ether oxygens (including phenoxy) is 1. The summed E-state index contributed by atoms with van der Waals surface area (Å²) in [4.78, 5) is 21.6. The lowest BCUT2D eigenvalue weighted by atomic mass is 9.78. The molecule has 2 heterocycles. The minimum Gasteiger partial charge on any atom is -0.487 e. The summed E-state index contributed by atoms with van der Waals surface area (Å²) in [6.45, 7) is 2.74. The molecule has 0 saturated heterocycles. The third kappa shape index (κ3) is 6.32. The maximum Gasteiger partial charge on any atom is 0.416 e. The van der Waals surface area contributed by atoms with Gasteiger partial charge in [-0.05, 0) is 72.4 Å². The lowest BCUT2D eigenvalue weighted by Gasteiger charge is -2.28. The van der Waals surface area contributed by atoms with Crippen molar-refractivity contribution in [1.82, 2.24) is 14.5 Å². The number of imidazole rings is 1. The van der Waals surface area contributed by atoms with Crippen LogP contribution in [0.25, 0.3) is 22.2 Å². The van der Waals surface area contributed by atoms with Gasteiger partial charge in [-0.2, -0.15) is 13.2 Å². The maximum atomic E-state index is 13.0. The van der Waals surface area contributed by atoms with E-state index in [1.807, 2.05) is 61.5 Å². The summed E-state index contributed by atoms with van der Waals surface area (Å²) in [6.07, 6.45) is 0.600. The van der Waals surface area contributed by atoms with Crippen LogP contribution in [0.5, 0.6) is 5.75 Å². The Kier molecular flexibility index (Phi) is 8.12. The molecule has 3 aromatic carbocycles. The first-order valence-corrected chi connectivity index (χ1v) is 14.7. The molecule has 44 heavy (non-hydrogen) atoms. The zero-order valence-electron chi connectivity index (χ0n) is 24.2. The van der Waals surface area contributed by atoms with Gasteiger partial charge in [-0.3, -0.25) is 9.78 Å². The van der Waals surface area contributed by atoms with Gasteiger partial charge in [0, 0.05) is 24.7 Å². The van der Waals surface area contributed by atoms with E-state index in [1.54, 1.807) is 6.20 Å². The highest BCUT2D eigenvalue weighted by Crippen LogP contribution is 2.40. The number of aliphatic carboxylic acids is 1. The summed E-state index contributed by atoms with van der Waals surface area (Å²) in [5.41, 5.74) is 5.25. The molecule has 0 bridgehead atoms. The average Bonchev–Trinajstić information content (AvgIpc) is 3.38. The van der Waals surface area contributed by atoms with E-state index in [0.29, 0.717) is 30.9 Å². The van der Waals surface area contributed by atoms with Gasteiger partial charge in [0.05, 0.1) is 28.2 Å². The molecule has 1 fully saturated rings. The Morgan fingerprint density at radius 1 is 0.955 bits per heavy atom. The number of alkyl halides is 3. The minimum atomic E-state index is -4.38. The number of fused-ring (bicyclic) bond motifs is 1. The highest BCUT2D eigenvalue weighted by Gasteiger charge is 2.35. The first kappa shape index (κ1) is 29.4. The lowest BCUT2D eigenvalue weighted by Crippen LogP contribution is -2.27. The monoisotopic (exact) mass is 599 g/mol. The minimum absolute atomic E-state index is 0.221. The third-order valence-electron chi connectivity index (χ3n) is 8.36. The van der Waals surface area contributed by atoms with Crippen LogP contribution in [0, 0.1) is 12.8 Å². The van der Waals surface area contributed by atoms with E-state index < -0.39 is 23.6 Å². The smallest absolute Gasteiger partial charge is 0.416 e. The van der Waals surface area contributed by atoms with Crippen LogP contribution in [-0.2, 0) is 24.1 Å². The van der Waals surface area contributed by atoms with Crippen molar-refractivity contribution < 1.29 is 27.8 Å². The number of hydrogen-bond acceptors (Lipinski definition) is 4. The number of aryl methyl sites for hydroxylation is 1. The number of halogens is 3. The van der Waals surface area contributed by atoms with Crippen molar-refractivity contribution in [3.63, 3.8) is 0 Å². The van der Waals surface area contributed by atoms with Gasteiger partial charge in [0.25, 0.3) is 0 Å². The zero-order chi connectivity index (χ0) is 30.8.